The Balaban J connectivity index is 5.70. The molecule has 130 valence electrons. The van der Waals surface area contributed by atoms with Crippen molar-refractivity contribution in [3.05, 3.63) is 23.7 Å². The molecule has 0 amide bonds. The lowest BCUT2D eigenvalue weighted by Crippen LogP contribution is -2.30. The van der Waals surface area contributed by atoms with E-state index in [9.17, 15) is 0 Å². The first-order valence-electron chi connectivity index (χ1n) is 8.23. The Morgan fingerprint density at radius 2 is 0.818 bits per heavy atom. The van der Waals surface area contributed by atoms with Gasteiger partial charge < -0.3 is 8.85 Å². The molecule has 0 aliphatic heterocycles. The molecule has 4 heteroatoms. The van der Waals surface area contributed by atoms with Crippen molar-refractivity contribution in [1.82, 2.24) is 0 Å². The molecule has 0 fully saturated rings. The van der Waals surface area contributed by atoms with Crippen molar-refractivity contribution < 1.29 is 8.85 Å². The summed E-state index contributed by atoms with van der Waals surface area (Å²) in [5, 5.41) is 0. The second-order valence-electron chi connectivity index (χ2n) is 9.99. The summed E-state index contributed by atoms with van der Waals surface area (Å²) in [7, 11) is -3.25. The van der Waals surface area contributed by atoms with Crippen LogP contribution >= 0.6 is 0 Å². The predicted molar refractivity (Wildman–Crippen MR) is 104 cm³/mol. The van der Waals surface area contributed by atoms with Crippen molar-refractivity contribution in [2.45, 2.75) is 80.8 Å². The first-order chi connectivity index (χ1) is 9.42. The van der Waals surface area contributed by atoms with Crippen molar-refractivity contribution in [2.75, 3.05) is 0 Å². The van der Waals surface area contributed by atoms with Gasteiger partial charge in [-0.2, -0.15) is 0 Å². The average Bonchev–Trinajstić information content (AvgIpc) is 2.15. The van der Waals surface area contributed by atoms with Gasteiger partial charge in [-0.3, -0.25) is 0 Å². The minimum absolute atomic E-state index is 0.00106. The predicted octanol–water partition coefficient (Wildman–Crippen LogP) is 6.55. The van der Waals surface area contributed by atoms with Gasteiger partial charge in [-0.15, -0.1) is 0 Å². The van der Waals surface area contributed by atoms with Gasteiger partial charge in [0.25, 0.3) is 0 Å². The first-order valence-corrected chi connectivity index (χ1v) is 15.0. The number of allylic oxidation sites excluding steroid dienone is 4. The molecule has 0 N–H and O–H groups in total. The Hall–Kier alpha value is -0.486. The van der Waals surface area contributed by atoms with E-state index < -0.39 is 16.6 Å². The van der Waals surface area contributed by atoms with Crippen LogP contribution in [0.4, 0.5) is 0 Å². The number of hydrogen-bond acceptors (Lipinski definition) is 2. The summed E-state index contributed by atoms with van der Waals surface area (Å²) in [4.78, 5) is 0. The smallest absolute Gasteiger partial charge is 0.241 e. The molecule has 0 aliphatic rings. The van der Waals surface area contributed by atoms with E-state index in [1.807, 2.05) is 0 Å². The van der Waals surface area contributed by atoms with Gasteiger partial charge in [0.1, 0.15) is 0 Å². The molecule has 0 bridgehead atoms. The molecule has 0 atom stereocenters. The van der Waals surface area contributed by atoms with Crippen LogP contribution in [0.3, 0.4) is 0 Å². The maximum Gasteiger partial charge on any atom is 0.241 e. The molecule has 0 rings (SSSR count). The minimum Gasteiger partial charge on any atom is -0.547 e. The SMILES string of the molecule is CC(C)(C)/C(=C\C=C(\O[Si](C)(C)C)C(C)(C)C)O[Si](C)(C)C. The zero-order valence-electron chi connectivity index (χ0n) is 17.0. The molecule has 0 spiro atoms. The summed E-state index contributed by atoms with van der Waals surface area (Å²) >= 11 is 0. The molecule has 0 aromatic rings. The van der Waals surface area contributed by atoms with E-state index in [0.29, 0.717) is 0 Å². The van der Waals surface area contributed by atoms with Gasteiger partial charge in [-0.05, 0) is 51.4 Å². The summed E-state index contributed by atoms with van der Waals surface area (Å²) in [6, 6.07) is 0. The van der Waals surface area contributed by atoms with Gasteiger partial charge in [-0.1, -0.05) is 41.5 Å². The molecule has 0 aliphatic carbocycles. The van der Waals surface area contributed by atoms with Gasteiger partial charge >= 0.3 is 0 Å². The number of hydrogen-bond donors (Lipinski definition) is 0. The monoisotopic (exact) mass is 342 g/mol. The maximum absolute atomic E-state index is 6.31. The van der Waals surface area contributed by atoms with Gasteiger partial charge in [0.15, 0.2) is 0 Å². The quantitative estimate of drug-likeness (QED) is 0.320. The highest BCUT2D eigenvalue weighted by Crippen LogP contribution is 2.32. The van der Waals surface area contributed by atoms with Crippen molar-refractivity contribution in [3.8, 4) is 0 Å². The topological polar surface area (TPSA) is 18.5 Å². The third-order valence-corrected chi connectivity index (χ3v) is 4.36. The normalized spacial score (nSPS) is 15.8. The van der Waals surface area contributed by atoms with Crippen LogP contribution in [-0.2, 0) is 8.85 Å². The highest BCUT2D eigenvalue weighted by Gasteiger charge is 2.27. The lowest BCUT2D eigenvalue weighted by Gasteiger charge is -2.32. The second kappa shape index (κ2) is 6.95. The van der Waals surface area contributed by atoms with Crippen LogP contribution in [0.1, 0.15) is 41.5 Å². The summed E-state index contributed by atoms with van der Waals surface area (Å²) < 4.78 is 12.6. The molecule has 0 saturated heterocycles. The maximum atomic E-state index is 6.31. The zero-order chi connectivity index (χ0) is 18.0. The van der Waals surface area contributed by atoms with Crippen molar-refractivity contribution in [1.29, 1.82) is 0 Å². The molecule has 0 heterocycles. The largest absolute Gasteiger partial charge is 0.547 e. The van der Waals surface area contributed by atoms with Crippen molar-refractivity contribution >= 4 is 16.6 Å². The summed E-state index contributed by atoms with van der Waals surface area (Å²) in [6.45, 7) is 26.5. The molecule has 0 aromatic heterocycles. The van der Waals surface area contributed by atoms with Crippen LogP contribution in [0.25, 0.3) is 0 Å². The van der Waals surface area contributed by atoms with Gasteiger partial charge in [-0.25, -0.2) is 0 Å². The summed E-state index contributed by atoms with van der Waals surface area (Å²) in [5.41, 5.74) is -0.00211. The molecule has 2 nitrogen and oxygen atoms in total. The molecule has 0 aromatic carbocycles. The van der Waals surface area contributed by atoms with E-state index in [1.165, 1.54) is 0 Å². The first kappa shape index (κ1) is 21.5. The lowest BCUT2D eigenvalue weighted by atomic mass is 9.91. The van der Waals surface area contributed by atoms with E-state index in [4.69, 9.17) is 8.85 Å². The number of rotatable bonds is 5. The molecule has 0 saturated carbocycles. The Labute approximate surface area is 141 Å². The van der Waals surface area contributed by atoms with Crippen molar-refractivity contribution in [2.24, 2.45) is 10.8 Å². The molecule has 0 radical (unpaired) electrons. The van der Waals surface area contributed by atoms with Crippen molar-refractivity contribution in [3.63, 3.8) is 0 Å². The fourth-order valence-electron chi connectivity index (χ4n) is 1.69. The molecular weight excluding hydrogens is 304 g/mol. The van der Waals surface area contributed by atoms with E-state index in [2.05, 4.69) is 93.0 Å². The molecule has 0 unspecified atom stereocenters. The Bertz CT molecular complexity index is 380. The third-order valence-electron chi connectivity index (χ3n) is 2.70. The van der Waals surface area contributed by atoms with E-state index >= 15 is 0 Å². The van der Waals surface area contributed by atoms with Crippen LogP contribution in [0.2, 0.25) is 39.3 Å². The fourth-order valence-corrected chi connectivity index (χ4v) is 3.75. The summed E-state index contributed by atoms with van der Waals surface area (Å²) in [5.74, 6) is 2.10. The van der Waals surface area contributed by atoms with E-state index in [0.717, 1.165) is 11.5 Å². The Kier molecular flexibility index (Phi) is 6.80. The standard InChI is InChI=1S/C18H38O2Si2/c1-17(2,3)15(19-21(7,8)9)13-14-16(18(4,5)6)20-22(10,11)12/h13-14H,1-12H3/b15-13+,16-14+. The Morgan fingerprint density at radius 1 is 0.591 bits per heavy atom. The van der Waals surface area contributed by atoms with Gasteiger partial charge in [0.2, 0.25) is 16.6 Å². The highest BCUT2D eigenvalue weighted by molar-refractivity contribution is 6.70. The van der Waals surface area contributed by atoms with Gasteiger partial charge in [0.05, 0.1) is 11.5 Å². The van der Waals surface area contributed by atoms with Crippen LogP contribution in [0, 0.1) is 10.8 Å². The van der Waals surface area contributed by atoms with Crippen LogP contribution in [-0.4, -0.2) is 16.6 Å². The van der Waals surface area contributed by atoms with E-state index in [-0.39, 0.29) is 10.8 Å². The Morgan fingerprint density at radius 3 is 0.955 bits per heavy atom. The van der Waals surface area contributed by atoms with Gasteiger partial charge in [0, 0.05) is 10.8 Å². The fraction of sp³-hybridized carbons (Fsp3) is 0.778. The summed E-state index contributed by atoms with van der Waals surface area (Å²) in [6.07, 6.45) is 4.25. The molecular formula is C18H38O2Si2. The third kappa shape index (κ3) is 9.51. The van der Waals surface area contributed by atoms with Crippen LogP contribution in [0.15, 0.2) is 23.7 Å². The lowest BCUT2D eigenvalue weighted by molar-refractivity contribution is 0.282. The van der Waals surface area contributed by atoms with Crippen LogP contribution in [0.5, 0.6) is 0 Å². The van der Waals surface area contributed by atoms with Crippen LogP contribution < -0.4 is 0 Å². The second-order valence-corrected chi connectivity index (χ2v) is 18.8. The van der Waals surface area contributed by atoms with E-state index in [1.54, 1.807) is 0 Å². The molecule has 22 heavy (non-hydrogen) atoms. The zero-order valence-corrected chi connectivity index (χ0v) is 19.0. The average molecular weight is 343 g/mol. The minimum atomic E-state index is -1.62. The highest BCUT2D eigenvalue weighted by atomic mass is 28.4.